The van der Waals surface area contributed by atoms with Crippen LogP contribution >= 0.6 is 0 Å². The Kier molecular flexibility index (Phi) is 11.5. The zero-order valence-corrected chi connectivity index (χ0v) is 29.3. The number of ketones is 1. The SMILES string of the molecule is C=C1CCC(N2C(=O)c3ccc(NCCCCCCCCCCCC(=O)N4C[C@H]5C[C@@H]4CN5/C=C/C(=O)c4ccccc4O)cc3C2=O)C(=O)N1. The number of hydrogen-bond acceptors (Lipinski definition) is 8. The van der Waals surface area contributed by atoms with Crippen molar-refractivity contribution in [3.8, 4) is 5.75 Å². The molecule has 51 heavy (non-hydrogen) atoms. The van der Waals surface area contributed by atoms with E-state index in [0.29, 0.717) is 48.2 Å². The van der Waals surface area contributed by atoms with Crippen molar-refractivity contribution in [2.24, 2.45) is 0 Å². The van der Waals surface area contributed by atoms with Crippen molar-refractivity contribution in [3.05, 3.63) is 83.7 Å². The highest BCUT2D eigenvalue weighted by molar-refractivity contribution is 6.23. The summed E-state index contributed by atoms with van der Waals surface area (Å²) in [6, 6.07) is 11.4. The third-order valence-electron chi connectivity index (χ3n) is 10.6. The van der Waals surface area contributed by atoms with Gasteiger partial charge in [0.25, 0.3) is 11.8 Å². The molecule has 11 nitrogen and oxygen atoms in total. The minimum Gasteiger partial charge on any atom is -0.507 e. The van der Waals surface area contributed by atoms with E-state index in [9.17, 15) is 29.1 Å². The molecule has 2 aromatic rings. The molecule has 270 valence electrons. The second kappa shape index (κ2) is 16.4. The lowest BCUT2D eigenvalue weighted by Crippen LogP contribution is -2.51. The van der Waals surface area contributed by atoms with E-state index < -0.39 is 17.9 Å². The predicted octanol–water partition coefficient (Wildman–Crippen LogP) is 5.78. The maximum atomic E-state index is 13.1. The maximum absolute atomic E-state index is 13.1. The lowest BCUT2D eigenvalue weighted by atomic mass is 10.0. The molecule has 4 heterocycles. The first-order chi connectivity index (χ1) is 24.7. The minimum absolute atomic E-state index is 0.0165. The van der Waals surface area contributed by atoms with E-state index in [1.165, 1.54) is 31.4 Å². The molecule has 0 saturated carbocycles. The number of carbonyl (C=O) groups is 5. The van der Waals surface area contributed by atoms with E-state index in [1.54, 1.807) is 30.3 Å². The number of piperazine rings is 1. The number of imide groups is 1. The second-order valence-corrected chi connectivity index (χ2v) is 14.2. The number of nitrogens with zero attached hydrogens (tertiary/aromatic N) is 3. The number of phenols is 1. The first-order valence-electron chi connectivity index (χ1n) is 18.5. The molecule has 2 bridgehead atoms. The van der Waals surface area contributed by atoms with Gasteiger partial charge in [-0.2, -0.15) is 0 Å². The van der Waals surface area contributed by atoms with Crippen LogP contribution in [0.2, 0.25) is 0 Å². The van der Waals surface area contributed by atoms with Crippen molar-refractivity contribution in [2.45, 2.75) is 102 Å². The monoisotopic (exact) mass is 695 g/mol. The predicted molar refractivity (Wildman–Crippen MR) is 194 cm³/mol. The number of unbranched alkanes of at least 4 members (excludes halogenated alkanes) is 8. The topological polar surface area (TPSA) is 139 Å². The fourth-order valence-corrected chi connectivity index (χ4v) is 7.80. The molecule has 4 aliphatic rings. The first kappa shape index (κ1) is 35.9. The summed E-state index contributed by atoms with van der Waals surface area (Å²) in [5.41, 5.74) is 2.37. The van der Waals surface area contributed by atoms with Crippen LogP contribution in [-0.4, -0.2) is 87.0 Å². The van der Waals surface area contributed by atoms with Crippen LogP contribution in [0, 0.1) is 0 Å². The molecule has 4 aliphatic heterocycles. The van der Waals surface area contributed by atoms with E-state index in [1.807, 2.05) is 17.2 Å². The Balaban J connectivity index is 0.785. The van der Waals surface area contributed by atoms with E-state index >= 15 is 0 Å². The van der Waals surface area contributed by atoms with Gasteiger partial charge in [0.15, 0.2) is 5.78 Å². The highest BCUT2D eigenvalue weighted by atomic mass is 16.3. The first-order valence-corrected chi connectivity index (χ1v) is 18.5. The molecule has 0 spiro atoms. The Hall–Kier alpha value is -4.93. The fourth-order valence-electron chi connectivity index (χ4n) is 7.80. The number of fused-ring (bicyclic) bond motifs is 3. The third-order valence-corrected chi connectivity index (χ3v) is 10.6. The van der Waals surface area contributed by atoms with E-state index in [2.05, 4.69) is 22.1 Å². The number of likely N-dealkylation sites (tertiary alicyclic amines) is 2. The number of allylic oxidation sites excluding steroid dienone is 2. The summed E-state index contributed by atoms with van der Waals surface area (Å²) in [5.74, 6) is -1.20. The molecule has 6 rings (SSSR count). The van der Waals surface area contributed by atoms with Gasteiger partial charge in [0.2, 0.25) is 11.8 Å². The lowest BCUT2D eigenvalue weighted by molar-refractivity contribution is -0.133. The quantitative estimate of drug-likeness (QED) is 0.0820. The van der Waals surface area contributed by atoms with Crippen LogP contribution < -0.4 is 10.6 Å². The van der Waals surface area contributed by atoms with Crippen LogP contribution in [-0.2, 0) is 9.59 Å². The Morgan fingerprint density at radius 3 is 2.29 bits per heavy atom. The van der Waals surface area contributed by atoms with Crippen LogP contribution in [0.15, 0.2) is 67.0 Å². The van der Waals surface area contributed by atoms with Gasteiger partial charge in [-0.1, -0.05) is 63.7 Å². The van der Waals surface area contributed by atoms with E-state index in [-0.39, 0.29) is 35.4 Å². The number of hydrogen-bond donors (Lipinski definition) is 3. The summed E-state index contributed by atoms with van der Waals surface area (Å²) >= 11 is 0. The van der Waals surface area contributed by atoms with Gasteiger partial charge in [-0.3, -0.25) is 28.9 Å². The van der Waals surface area contributed by atoms with Gasteiger partial charge >= 0.3 is 0 Å². The van der Waals surface area contributed by atoms with Crippen LogP contribution in [0.25, 0.3) is 0 Å². The minimum atomic E-state index is -0.805. The molecule has 3 N–H and O–H groups in total. The Labute approximate surface area is 299 Å². The van der Waals surface area contributed by atoms with Crippen molar-refractivity contribution in [3.63, 3.8) is 0 Å². The number of anilines is 1. The molecule has 0 aliphatic carbocycles. The fraction of sp³-hybridized carbons (Fsp3) is 0.475. The van der Waals surface area contributed by atoms with Gasteiger partial charge in [-0.15, -0.1) is 0 Å². The average molecular weight is 696 g/mol. The highest BCUT2D eigenvalue weighted by Crippen LogP contribution is 2.33. The average Bonchev–Trinajstić information content (AvgIpc) is 3.79. The standard InChI is InChI=1S/C40H49N5O6/c1-27-16-19-34(38(49)42-27)45-39(50)31-18-17-28(23-33(31)40(45)51)41-21-12-8-6-4-2-3-5-7-9-15-37(48)44-26-29-24-30(44)25-43(29)22-20-36(47)32-13-10-11-14-35(32)46/h10-11,13-14,17-18,20,22-23,29-30,34,41,46H,1-9,12,15-16,19,21,24-26H2,(H,42,49)/b22-20+/t29-,30-,34?/m1/s1. The van der Waals surface area contributed by atoms with Crippen molar-refractivity contribution >= 4 is 35.1 Å². The summed E-state index contributed by atoms with van der Waals surface area (Å²) in [6.45, 7) is 6.00. The van der Waals surface area contributed by atoms with Gasteiger partial charge in [0.1, 0.15) is 11.8 Å². The zero-order valence-electron chi connectivity index (χ0n) is 29.3. The van der Waals surface area contributed by atoms with Gasteiger partial charge in [0.05, 0.1) is 22.7 Å². The lowest BCUT2D eigenvalue weighted by Gasteiger charge is -2.33. The molecular formula is C40H49N5O6. The number of carbonyl (C=O) groups excluding carboxylic acids is 5. The number of aromatic hydroxyl groups is 1. The molecule has 2 aromatic carbocycles. The van der Waals surface area contributed by atoms with E-state index in [4.69, 9.17) is 0 Å². The van der Waals surface area contributed by atoms with Crippen LogP contribution in [0.3, 0.4) is 0 Å². The van der Waals surface area contributed by atoms with Crippen LogP contribution in [0.1, 0.15) is 115 Å². The molecule has 0 radical (unpaired) electrons. The molecule has 3 atom stereocenters. The van der Waals surface area contributed by atoms with Crippen LogP contribution in [0.5, 0.6) is 5.75 Å². The molecule has 0 aromatic heterocycles. The largest absolute Gasteiger partial charge is 0.507 e. The van der Waals surface area contributed by atoms with Gasteiger partial charge in [-0.25, -0.2) is 0 Å². The Bertz CT molecular complexity index is 1700. The summed E-state index contributed by atoms with van der Waals surface area (Å²) in [6.07, 6.45) is 15.7. The molecular weight excluding hydrogens is 646 g/mol. The number of rotatable bonds is 17. The number of benzene rings is 2. The summed E-state index contributed by atoms with van der Waals surface area (Å²) in [5, 5.41) is 15.9. The summed E-state index contributed by atoms with van der Waals surface area (Å²) < 4.78 is 0. The van der Waals surface area contributed by atoms with Crippen molar-refractivity contribution < 1.29 is 29.1 Å². The highest BCUT2D eigenvalue weighted by Gasteiger charge is 2.45. The smallest absolute Gasteiger partial charge is 0.262 e. The number of nitrogens with one attached hydrogen (secondary N) is 2. The zero-order chi connectivity index (χ0) is 35.9. The van der Waals surface area contributed by atoms with Crippen LogP contribution in [0.4, 0.5) is 5.69 Å². The summed E-state index contributed by atoms with van der Waals surface area (Å²) in [4.78, 5) is 69.1. The van der Waals surface area contributed by atoms with Gasteiger partial charge < -0.3 is 25.5 Å². The van der Waals surface area contributed by atoms with Gasteiger partial charge in [-0.05, 0) is 62.4 Å². The maximum Gasteiger partial charge on any atom is 0.262 e. The summed E-state index contributed by atoms with van der Waals surface area (Å²) in [7, 11) is 0. The second-order valence-electron chi connectivity index (χ2n) is 14.2. The molecule has 3 fully saturated rings. The Morgan fingerprint density at radius 1 is 0.882 bits per heavy atom. The normalized spacial score (nSPS) is 21.2. The Morgan fingerprint density at radius 2 is 1.59 bits per heavy atom. The van der Waals surface area contributed by atoms with E-state index in [0.717, 1.165) is 68.6 Å². The number of para-hydroxylation sites is 1. The third kappa shape index (κ3) is 8.35. The molecule has 1 unspecified atom stereocenters. The van der Waals surface area contributed by atoms with Gasteiger partial charge in [0, 0.05) is 55.8 Å². The molecule has 4 amide bonds. The molecule has 3 saturated heterocycles. The number of amides is 4. The number of piperidine rings is 1. The molecule has 11 heteroatoms. The van der Waals surface area contributed by atoms with Crippen molar-refractivity contribution in [2.75, 3.05) is 25.0 Å². The van der Waals surface area contributed by atoms with Crippen molar-refractivity contribution in [1.29, 1.82) is 0 Å². The van der Waals surface area contributed by atoms with Crippen molar-refractivity contribution in [1.82, 2.24) is 20.0 Å². The number of phenolic OH excluding ortho intramolecular Hbond substituents is 1.